The average Bonchev–Trinajstić information content (AvgIpc) is 3.60. The first kappa shape index (κ1) is 23.3. The minimum atomic E-state index is -0.475. The Kier molecular flexibility index (Phi) is 7.00. The van der Waals surface area contributed by atoms with Crippen molar-refractivity contribution >= 4 is 28.4 Å². The molecule has 2 amide bonds. The smallest absolute Gasteiger partial charge is 0.255 e. The van der Waals surface area contributed by atoms with Gasteiger partial charge in [-0.15, -0.1) is 0 Å². The summed E-state index contributed by atoms with van der Waals surface area (Å²) < 4.78 is 20.6. The Balaban J connectivity index is 1.44. The third-order valence-corrected chi connectivity index (χ3v) is 6.35. The van der Waals surface area contributed by atoms with Gasteiger partial charge in [-0.3, -0.25) is 14.6 Å². The Morgan fingerprint density at radius 2 is 1.94 bits per heavy atom. The molecule has 1 aromatic heterocycles. The predicted octanol–water partition coefficient (Wildman–Crippen LogP) is 3.97. The predicted molar refractivity (Wildman–Crippen MR) is 126 cm³/mol. The number of rotatable bonds is 8. The van der Waals surface area contributed by atoms with Crippen molar-refractivity contribution in [1.29, 1.82) is 0 Å². The van der Waals surface area contributed by atoms with E-state index in [-0.39, 0.29) is 29.5 Å². The summed E-state index contributed by atoms with van der Waals surface area (Å²) in [5, 5.41) is 6.70. The van der Waals surface area contributed by atoms with Gasteiger partial charge < -0.3 is 20.3 Å². The van der Waals surface area contributed by atoms with E-state index in [1.807, 2.05) is 18.7 Å². The van der Waals surface area contributed by atoms with Gasteiger partial charge in [0.2, 0.25) is 5.91 Å². The zero-order chi connectivity index (χ0) is 23.5. The van der Waals surface area contributed by atoms with E-state index in [0.717, 1.165) is 25.7 Å². The van der Waals surface area contributed by atoms with Crippen LogP contribution < -0.4 is 15.4 Å². The van der Waals surface area contributed by atoms with E-state index in [4.69, 9.17) is 4.74 Å². The molecule has 33 heavy (non-hydrogen) atoms. The van der Waals surface area contributed by atoms with Crippen LogP contribution in [0.2, 0.25) is 0 Å². The van der Waals surface area contributed by atoms with Crippen molar-refractivity contribution in [3.05, 3.63) is 29.7 Å². The van der Waals surface area contributed by atoms with Crippen molar-refractivity contribution in [3.63, 3.8) is 0 Å². The first-order chi connectivity index (χ1) is 15.9. The third-order valence-electron chi connectivity index (χ3n) is 6.35. The number of benzene rings is 1. The molecule has 8 heteroatoms. The summed E-state index contributed by atoms with van der Waals surface area (Å²) in [6, 6.07) is 3.21. The lowest BCUT2D eigenvalue weighted by Crippen LogP contribution is -2.40. The van der Waals surface area contributed by atoms with E-state index in [1.165, 1.54) is 12.3 Å². The number of pyridine rings is 1. The SMILES string of the molecule is CNc1c(C(=O)NC2CC2)cnc2cc(F)c(OCC3CCN(C(=O)CC(C)C)CC3)cc12. The van der Waals surface area contributed by atoms with Crippen LogP contribution in [-0.2, 0) is 4.79 Å². The van der Waals surface area contributed by atoms with Gasteiger partial charge in [0.05, 0.1) is 23.4 Å². The van der Waals surface area contributed by atoms with Crippen LogP contribution in [0.3, 0.4) is 0 Å². The fourth-order valence-electron chi connectivity index (χ4n) is 4.27. The molecule has 1 saturated carbocycles. The van der Waals surface area contributed by atoms with Gasteiger partial charge in [-0.25, -0.2) is 4.39 Å². The van der Waals surface area contributed by atoms with Gasteiger partial charge in [-0.1, -0.05) is 13.8 Å². The Labute approximate surface area is 194 Å². The number of hydrogen-bond acceptors (Lipinski definition) is 5. The highest BCUT2D eigenvalue weighted by Crippen LogP contribution is 2.32. The highest BCUT2D eigenvalue weighted by molar-refractivity contribution is 6.07. The third kappa shape index (κ3) is 5.54. The molecule has 1 aliphatic heterocycles. The minimum absolute atomic E-state index is 0.152. The molecule has 0 spiro atoms. The fourth-order valence-corrected chi connectivity index (χ4v) is 4.27. The molecule has 2 fully saturated rings. The Morgan fingerprint density at radius 1 is 1.21 bits per heavy atom. The number of likely N-dealkylation sites (tertiary alicyclic amines) is 1. The summed E-state index contributed by atoms with van der Waals surface area (Å²) in [7, 11) is 1.74. The van der Waals surface area contributed by atoms with Gasteiger partial charge in [0.15, 0.2) is 11.6 Å². The van der Waals surface area contributed by atoms with Crippen LogP contribution in [0.25, 0.3) is 10.9 Å². The van der Waals surface area contributed by atoms with Gasteiger partial charge in [-0.2, -0.15) is 0 Å². The second-order valence-electron chi connectivity index (χ2n) is 9.58. The zero-order valence-corrected chi connectivity index (χ0v) is 19.6. The second-order valence-corrected chi connectivity index (χ2v) is 9.58. The molecule has 2 heterocycles. The standard InChI is InChI=1S/C25H33FN4O3/c1-15(2)10-23(31)30-8-6-16(7-9-30)14-33-22-11-18-21(12-20(22)26)28-13-19(24(18)27-3)25(32)29-17-4-5-17/h11-13,15-17H,4-10,14H2,1-3H3,(H,27,28)(H,29,32). The lowest BCUT2D eigenvalue weighted by atomic mass is 9.97. The van der Waals surface area contributed by atoms with E-state index in [1.54, 1.807) is 13.1 Å². The molecule has 1 saturated heterocycles. The molecule has 1 aromatic carbocycles. The van der Waals surface area contributed by atoms with Gasteiger partial charge in [0.1, 0.15) is 0 Å². The first-order valence-corrected chi connectivity index (χ1v) is 11.9. The molecule has 1 aliphatic carbocycles. The minimum Gasteiger partial charge on any atom is -0.490 e. The summed E-state index contributed by atoms with van der Waals surface area (Å²) in [4.78, 5) is 31.1. The van der Waals surface area contributed by atoms with E-state index in [0.29, 0.717) is 54.2 Å². The molecule has 2 aliphatic rings. The number of fused-ring (bicyclic) bond motifs is 1. The van der Waals surface area contributed by atoms with E-state index in [2.05, 4.69) is 15.6 Å². The number of nitrogens with zero attached hydrogens (tertiary/aromatic N) is 2. The number of ether oxygens (including phenoxy) is 1. The molecular weight excluding hydrogens is 423 g/mol. The Bertz CT molecular complexity index is 1030. The van der Waals surface area contributed by atoms with Crippen molar-refractivity contribution in [1.82, 2.24) is 15.2 Å². The van der Waals surface area contributed by atoms with Crippen molar-refractivity contribution in [3.8, 4) is 5.75 Å². The monoisotopic (exact) mass is 456 g/mol. The zero-order valence-electron chi connectivity index (χ0n) is 19.6. The Morgan fingerprint density at radius 3 is 2.58 bits per heavy atom. The number of anilines is 1. The van der Waals surface area contributed by atoms with Crippen molar-refractivity contribution in [2.45, 2.75) is 52.0 Å². The quantitative estimate of drug-likeness (QED) is 0.628. The molecule has 4 rings (SSSR count). The number of nitrogens with one attached hydrogen (secondary N) is 2. The normalized spacial score (nSPS) is 16.8. The van der Waals surface area contributed by atoms with Crippen molar-refractivity contribution in [2.75, 3.05) is 32.1 Å². The number of carbonyl (C=O) groups is 2. The van der Waals surface area contributed by atoms with Gasteiger partial charge in [0.25, 0.3) is 5.91 Å². The van der Waals surface area contributed by atoms with Crippen LogP contribution >= 0.6 is 0 Å². The lowest BCUT2D eigenvalue weighted by molar-refractivity contribution is -0.133. The van der Waals surface area contributed by atoms with Gasteiger partial charge in [-0.05, 0) is 43.6 Å². The molecule has 0 atom stereocenters. The molecule has 0 radical (unpaired) electrons. The van der Waals surface area contributed by atoms with Crippen LogP contribution in [0.5, 0.6) is 5.75 Å². The topological polar surface area (TPSA) is 83.6 Å². The fraction of sp³-hybridized carbons (Fsp3) is 0.560. The van der Waals surface area contributed by atoms with Crippen LogP contribution in [0.4, 0.5) is 10.1 Å². The molecular formula is C25H33FN4O3. The van der Waals surface area contributed by atoms with Crippen LogP contribution in [0.15, 0.2) is 18.3 Å². The number of halogens is 1. The van der Waals surface area contributed by atoms with E-state index < -0.39 is 5.82 Å². The summed E-state index contributed by atoms with van der Waals surface area (Å²) in [6.45, 7) is 5.92. The molecule has 7 nitrogen and oxygen atoms in total. The molecule has 2 aromatic rings. The largest absolute Gasteiger partial charge is 0.490 e. The number of hydrogen-bond donors (Lipinski definition) is 2. The maximum atomic E-state index is 14.7. The first-order valence-electron chi connectivity index (χ1n) is 11.9. The molecule has 178 valence electrons. The molecule has 2 N–H and O–H groups in total. The Hall–Kier alpha value is -2.90. The van der Waals surface area contributed by atoms with Crippen LogP contribution in [-0.4, -0.2) is 54.5 Å². The number of piperidine rings is 1. The highest BCUT2D eigenvalue weighted by atomic mass is 19.1. The number of carbonyl (C=O) groups excluding carboxylic acids is 2. The lowest BCUT2D eigenvalue weighted by Gasteiger charge is -2.32. The summed E-state index contributed by atoms with van der Waals surface area (Å²) >= 11 is 0. The average molecular weight is 457 g/mol. The number of amides is 2. The van der Waals surface area contributed by atoms with Crippen molar-refractivity contribution in [2.24, 2.45) is 11.8 Å². The number of aromatic nitrogens is 1. The maximum Gasteiger partial charge on any atom is 0.255 e. The summed E-state index contributed by atoms with van der Waals surface area (Å²) in [5.41, 5.74) is 1.51. The van der Waals surface area contributed by atoms with Crippen molar-refractivity contribution < 1.29 is 18.7 Å². The molecule has 0 unspecified atom stereocenters. The van der Waals surface area contributed by atoms with E-state index >= 15 is 0 Å². The van der Waals surface area contributed by atoms with Gasteiger partial charge in [0, 0.05) is 50.2 Å². The van der Waals surface area contributed by atoms with Gasteiger partial charge >= 0.3 is 0 Å². The highest BCUT2D eigenvalue weighted by Gasteiger charge is 2.26. The van der Waals surface area contributed by atoms with E-state index in [9.17, 15) is 14.0 Å². The summed E-state index contributed by atoms with van der Waals surface area (Å²) in [6.07, 6.45) is 5.74. The van der Waals surface area contributed by atoms with Crippen LogP contribution in [0.1, 0.15) is 56.3 Å². The maximum absolute atomic E-state index is 14.7. The second kappa shape index (κ2) is 9.93. The molecule has 0 bridgehead atoms. The summed E-state index contributed by atoms with van der Waals surface area (Å²) in [5.74, 6) is 0.323. The van der Waals surface area contributed by atoms with Crippen LogP contribution in [0, 0.1) is 17.7 Å².